The molecule has 98 valence electrons. The van der Waals surface area contributed by atoms with Crippen molar-refractivity contribution in [3.05, 3.63) is 52.3 Å². The number of hydrogen-bond acceptors (Lipinski definition) is 4. The third-order valence-electron chi connectivity index (χ3n) is 2.60. The molecule has 5 nitrogen and oxygen atoms in total. The summed E-state index contributed by atoms with van der Waals surface area (Å²) in [7, 11) is 0. The number of anilines is 2. The van der Waals surface area contributed by atoms with Crippen molar-refractivity contribution in [3.8, 4) is 0 Å². The monoisotopic (exact) mass is 320 g/mol. The van der Waals surface area contributed by atoms with Crippen LogP contribution in [0.2, 0.25) is 0 Å². The molecular formula is C13H13BrN4O. The first-order valence-electron chi connectivity index (χ1n) is 5.60. The Labute approximate surface area is 119 Å². The van der Waals surface area contributed by atoms with Crippen molar-refractivity contribution in [2.24, 2.45) is 5.84 Å². The van der Waals surface area contributed by atoms with Crippen LogP contribution in [0.3, 0.4) is 0 Å². The lowest BCUT2D eigenvalue weighted by molar-refractivity contribution is 0.102. The lowest BCUT2D eigenvalue weighted by atomic mass is 10.2. The van der Waals surface area contributed by atoms with Crippen LogP contribution < -0.4 is 16.6 Å². The summed E-state index contributed by atoms with van der Waals surface area (Å²) in [5, 5.41) is 2.82. The second-order valence-corrected chi connectivity index (χ2v) is 4.91. The molecule has 2 rings (SSSR count). The lowest BCUT2D eigenvalue weighted by Gasteiger charge is -2.08. The smallest absolute Gasteiger partial charge is 0.274 e. The van der Waals surface area contributed by atoms with E-state index in [2.05, 4.69) is 31.7 Å². The van der Waals surface area contributed by atoms with Gasteiger partial charge in [-0.15, -0.1) is 0 Å². The molecule has 1 amide bonds. The van der Waals surface area contributed by atoms with E-state index in [9.17, 15) is 4.79 Å². The molecule has 1 aromatic carbocycles. The Morgan fingerprint density at radius 2 is 2.11 bits per heavy atom. The van der Waals surface area contributed by atoms with Crippen LogP contribution in [0.1, 0.15) is 16.1 Å². The summed E-state index contributed by atoms with van der Waals surface area (Å²) in [6.45, 7) is 1.93. The third kappa shape index (κ3) is 3.30. The minimum atomic E-state index is -0.256. The molecule has 19 heavy (non-hydrogen) atoms. The minimum Gasteiger partial charge on any atom is -0.323 e. The SMILES string of the molecule is Cc1cc(Br)ccc1NC(=O)c1ccc(NN)cn1. The first-order valence-corrected chi connectivity index (χ1v) is 6.39. The van der Waals surface area contributed by atoms with E-state index in [1.807, 2.05) is 25.1 Å². The number of amides is 1. The molecule has 0 fully saturated rings. The molecule has 0 radical (unpaired) electrons. The van der Waals surface area contributed by atoms with E-state index in [0.29, 0.717) is 11.4 Å². The van der Waals surface area contributed by atoms with E-state index < -0.39 is 0 Å². The molecular weight excluding hydrogens is 308 g/mol. The van der Waals surface area contributed by atoms with E-state index >= 15 is 0 Å². The van der Waals surface area contributed by atoms with Crippen LogP contribution in [0.5, 0.6) is 0 Å². The molecule has 1 heterocycles. The predicted molar refractivity (Wildman–Crippen MR) is 78.9 cm³/mol. The van der Waals surface area contributed by atoms with Gasteiger partial charge in [-0.05, 0) is 42.8 Å². The fourth-order valence-electron chi connectivity index (χ4n) is 1.57. The number of aromatic nitrogens is 1. The molecule has 6 heteroatoms. The normalized spacial score (nSPS) is 10.1. The standard InChI is InChI=1S/C13H13BrN4O/c1-8-6-9(14)2-4-11(8)17-13(19)12-5-3-10(18-15)7-16-12/h2-7,18H,15H2,1H3,(H,17,19). The van der Waals surface area contributed by atoms with E-state index in [4.69, 9.17) is 5.84 Å². The number of benzene rings is 1. The average Bonchev–Trinajstić information content (AvgIpc) is 2.42. The second-order valence-electron chi connectivity index (χ2n) is 3.99. The van der Waals surface area contributed by atoms with Gasteiger partial charge in [0.25, 0.3) is 5.91 Å². The van der Waals surface area contributed by atoms with Gasteiger partial charge in [0.05, 0.1) is 11.9 Å². The summed E-state index contributed by atoms with van der Waals surface area (Å²) >= 11 is 3.38. The third-order valence-corrected chi connectivity index (χ3v) is 3.09. The number of nitrogens with two attached hydrogens (primary N) is 1. The van der Waals surface area contributed by atoms with Gasteiger partial charge in [-0.1, -0.05) is 15.9 Å². The number of hydrogen-bond donors (Lipinski definition) is 3. The molecule has 0 spiro atoms. The minimum absolute atomic E-state index is 0.256. The summed E-state index contributed by atoms with van der Waals surface area (Å²) in [6, 6.07) is 8.95. The van der Waals surface area contributed by atoms with Gasteiger partial charge in [0.1, 0.15) is 5.69 Å². The van der Waals surface area contributed by atoms with Crippen molar-refractivity contribution in [3.63, 3.8) is 0 Å². The number of rotatable bonds is 3. The van der Waals surface area contributed by atoms with Crippen molar-refractivity contribution in [1.82, 2.24) is 4.98 Å². The number of hydrazine groups is 1. The summed E-state index contributed by atoms with van der Waals surface area (Å²) in [5.41, 5.74) is 5.18. The van der Waals surface area contributed by atoms with E-state index in [-0.39, 0.29) is 5.91 Å². The Bertz CT molecular complexity index is 598. The molecule has 0 atom stereocenters. The molecule has 1 aromatic heterocycles. The van der Waals surface area contributed by atoms with Crippen LogP contribution in [-0.4, -0.2) is 10.9 Å². The highest BCUT2D eigenvalue weighted by Gasteiger charge is 2.09. The molecule has 0 unspecified atom stereocenters. The van der Waals surface area contributed by atoms with Crippen LogP contribution >= 0.6 is 15.9 Å². The zero-order chi connectivity index (χ0) is 13.8. The van der Waals surface area contributed by atoms with Gasteiger partial charge in [0, 0.05) is 10.2 Å². The Hall–Kier alpha value is -1.92. The fourth-order valence-corrected chi connectivity index (χ4v) is 2.04. The Balaban J connectivity index is 2.15. The van der Waals surface area contributed by atoms with Gasteiger partial charge < -0.3 is 10.7 Å². The molecule has 0 bridgehead atoms. The van der Waals surface area contributed by atoms with Crippen molar-refractivity contribution in [2.75, 3.05) is 10.7 Å². The highest BCUT2D eigenvalue weighted by atomic mass is 79.9. The van der Waals surface area contributed by atoms with Crippen molar-refractivity contribution in [1.29, 1.82) is 0 Å². The molecule has 0 aliphatic heterocycles. The topological polar surface area (TPSA) is 80.0 Å². The Morgan fingerprint density at radius 1 is 1.32 bits per heavy atom. The number of nitrogens with zero attached hydrogens (tertiary/aromatic N) is 1. The highest BCUT2D eigenvalue weighted by molar-refractivity contribution is 9.10. The maximum Gasteiger partial charge on any atom is 0.274 e. The molecule has 0 saturated heterocycles. The Kier molecular flexibility index (Phi) is 4.13. The number of aryl methyl sites for hydroxylation is 1. The predicted octanol–water partition coefficient (Wildman–Crippen LogP) is 2.69. The molecule has 0 saturated carbocycles. The van der Waals surface area contributed by atoms with Gasteiger partial charge in [-0.2, -0.15) is 0 Å². The van der Waals surface area contributed by atoms with Crippen LogP contribution in [0.4, 0.5) is 11.4 Å². The summed E-state index contributed by atoms with van der Waals surface area (Å²) in [5.74, 6) is 4.98. The van der Waals surface area contributed by atoms with Gasteiger partial charge in [-0.3, -0.25) is 10.6 Å². The van der Waals surface area contributed by atoms with Crippen LogP contribution in [0.25, 0.3) is 0 Å². The van der Waals surface area contributed by atoms with Gasteiger partial charge in [0.2, 0.25) is 0 Å². The maximum absolute atomic E-state index is 12.0. The lowest BCUT2D eigenvalue weighted by Crippen LogP contribution is -2.15. The largest absolute Gasteiger partial charge is 0.323 e. The molecule has 4 N–H and O–H groups in total. The number of halogens is 1. The number of pyridine rings is 1. The quantitative estimate of drug-likeness (QED) is 0.600. The number of nitrogens with one attached hydrogen (secondary N) is 2. The fraction of sp³-hybridized carbons (Fsp3) is 0.0769. The highest BCUT2D eigenvalue weighted by Crippen LogP contribution is 2.20. The van der Waals surface area contributed by atoms with Crippen molar-refractivity contribution in [2.45, 2.75) is 6.92 Å². The second kappa shape index (κ2) is 5.81. The summed E-state index contributed by atoms with van der Waals surface area (Å²) in [6.07, 6.45) is 1.50. The van der Waals surface area contributed by atoms with Gasteiger partial charge in [0.15, 0.2) is 0 Å². The first-order chi connectivity index (χ1) is 9.10. The zero-order valence-electron chi connectivity index (χ0n) is 10.3. The number of nitrogen functional groups attached to an aromatic ring is 1. The van der Waals surface area contributed by atoms with Crippen LogP contribution in [0, 0.1) is 6.92 Å². The van der Waals surface area contributed by atoms with Crippen molar-refractivity contribution >= 4 is 33.2 Å². The Morgan fingerprint density at radius 3 is 2.68 bits per heavy atom. The molecule has 2 aromatic rings. The van der Waals surface area contributed by atoms with Crippen LogP contribution in [-0.2, 0) is 0 Å². The number of carbonyl (C=O) groups is 1. The molecule has 0 aliphatic rings. The average molecular weight is 321 g/mol. The van der Waals surface area contributed by atoms with Crippen molar-refractivity contribution < 1.29 is 4.79 Å². The summed E-state index contributed by atoms with van der Waals surface area (Å²) < 4.78 is 0.972. The molecule has 0 aliphatic carbocycles. The van der Waals surface area contributed by atoms with Gasteiger partial charge in [-0.25, -0.2) is 4.98 Å². The van der Waals surface area contributed by atoms with Crippen LogP contribution in [0.15, 0.2) is 41.0 Å². The van der Waals surface area contributed by atoms with E-state index in [1.54, 1.807) is 12.1 Å². The van der Waals surface area contributed by atoms with Gasteiger partial charge >= 0.3 is 0 Å². The maximum atomic E-state index is 12.0. The van der Waals surface area contributed by atoms with E-state index in [1.165, 1.54) is 6.20 Å². The van der Waals surface area contributed by atoms with E-state index in [0.717, 1.165) is 15.7 Å². The summed E-state index contributed by atoms with van der Waals surface area (Å²) in [4.78, 5) is 16.0. The number of carbonyl (C=O) groups excluding carboxylic acids is 1. The first kappa shape index (κ1) is 13.5. The zero-order valence-corrected chi connectivity index (χ0v) is 11.9.